The molecule has 4 heteroatoms. The lowest BCUT2D eigenvalue weighted by Crippen LogP contribution is -2.42. The molecule has 1 aromatic carbocycles. The van der Waals surface area contributed by atoms with Crippen molar-refractivity contribution in [2.75, 3.05) is 19.7 Å². The fourth-order valence-corrected chi connectivity index (χ4v) is 2.08. The van der Waals surface area contributed by atoms with Crippen LogP contribution in [0, 0.1) is 5.92 Å². The third kappa shape index (κ3) is 3.05. The zero-order valence-corrected chi connectivity index (χ0v) is 12.4. The lowest BCUT2D eigenvalue weighted by atomic mass is 10.1. The van der Waals surface area contributed by atoms with E-state index in [1.807, 2.05) is 23.1 Å². The van der Waals surface area contributed by atoms with E-state index in [1.54, 1.807) is 0 Å². The molecule has 1 fully saturated rings. The topological polar surface area (TPSA) is 29.5 Å². The van der Waals surface area contributed by atoms with Crippen molar-refractivity contribution in [2.45, 2.75) is 20.3 Å². The molecule has 1 heterocycles. The number of nitrogens with zero attached hydrogens (tertiary/aromatic N) is 1. The van der Waals surface area contributed by atoms with Gasteiger partial charge in [-0.1, -0.05) is 29.8 Å². The molecule has 1 aliphatic heterocycles. The molecule has 1 saturated heterocycles. The van der Waals surface area contributed by atoms with Crippen LogP contribution in [0.2, 0.25) is 0 Å². The highest BCUT2D eigenvalue weighted by atomic mass is 79.9. The number of ether oxygens (including phenoxy) is 1. The second kappa shape index (κ2) is 5.74. The second-order valence-electron chi connectivity index (χ2n) is 4.99. The van der Waals surface area contributed by atoms with Gasteiger partial charge in [0, 0.05) is 17.6 Å². The predicted molar refractivity (Wildman–Crippen MR) is 75.0 cm³/mol. The minimum absolute atomic E-state index is 0.0764. The molecule has 0 spiro atoms. The molecule has 0 aromatic heterocycles. The first-order chi connectivity index (χ1) is 8.58. The number of rotatable bonds is 4. The zero-order chi connectivity index (χ0) is 13.1. The molecular weight excluding hydrogens is 294 g/mol. The smallest absolute Gasteiger partial charge is 0.257 e. The molecule has 1 aromatic rings. The standard InChI is InChI=1S/C14H18BrNO2/c1-10(2)9-18-13-8-11(15)4-5-12(13)14(17)16-6-3-7-16/h4-5,8,10H,3,6-7,9H2,1-2H3. The molecule has 0 unspecified atom stereocenters. The number of carbonyl (C=O) groups excluding carboxylic acids is 1. The average molecular weight is 312 g/mol. The molecule has 2 rings (SSSR count). The van der Waals surface area contributed by atoms with E-state index in [0.717, 1.165) is 24.0 Å². The molecule has 0 N–H and O–H groups in total. The zero-order valence-electron chi connectivity index (χ0n) is 10.8. The first-order valence-corrected chi connectivity index (χ1v) is 7.09. The van der Waals surface area contributed by atoms with Crippen molar-refractivity contribution in [1.29, 1.82) is 0 Å². The number of carbonyl (C=O) groups is 1. The van der Waals surface area contributed by atoms with E-state index in [0.29, 0.717) is 23.8 Å². The van der Waals surface area contributed by atoms with Crippen molar-refractivity contribution in [3.8, 4) is 5.75 Å². The summed E-state index contributed by atoms with van der Waals surface area (Å²) in [7, 11) is 0. The maximum Gasteiger partial charge on any atom is 0.257 e. The maximum atomic E-state index is 12.2. The van der Waals surface area contributed by atoms with Crippen LogP contribution in [0.15, 0.2) is 22.7 Å². The van der Waals surface area contributed by atoms with Crippen molar-refractivity contribution in [1.82, 2.24) is 4.90 Å². The third-order valence-corrected chi connectivity index (χ3v) is 3.38. The molecule has 18 heavy (non-hydrogen) atoms. The summed E-state index contributed by atoms with van der Waals surface area (Å²) < 4.78 is 6.67. The Morgan fingerprint density at radius 2 is 2.17 bits per heavy atom. The van der Waals surface area contributed by atoms with Crippen LogP contribution in [0.1, 0.15) is 30.6 Å². The SMILES string of the molecule is CC(C)COc1cc(Br)ccc1C(=O)N1CCC1. The van der Waals surface area contributed by atoms with Crippen molar-refractivity contribution >= 4 is 21.8 Å². The van der Waals surface area contributed by atoms with Crippen LogP contribution in [0.5, 0.6) is 5.75 Å². The highest BCUT2D eigenvalue weighted by Gasteiger charge is 2.24. The highest BCUT2D eigenvalue weighted by Crippen LogP contribution is 2.26. The predicted octanol–water partition coefficient (Wildman–Crippen LogP) is 3.33. The van der Waals surface area contributed by atoms with Crippen LogP contribution in [0.4, 0.5) is 0 Å². The molecule has 0 radical (unpaired) electrons. The minimum Gasteiger partial charge on any atom is -0.492 e. The van der Waals surface area contributed by atoms with Crippen LogP contribution in [0.25, 0.3) is 0 Å². The van der Waals surface area contributed by atoms with Gasteiger partial charge in [-0.05, 0) is 30.5 Å². The highest BCUT2D eigenvalue weighted by molar-refractivity contribution is 9.10. The van der Waals surface area contributed by atoms with Gasteiger partial charge in [-0.25, -0.2) is 0 Å². The number of hydrogen-bond acceptors (Lipinski definition) is 2. The summed E-state index contributed by atoms with van der Waals surface area (Å²) in [5.74, 6) is 1.19. The fourth-order valence-electron chi connectivity index (χ4n) is 1.74. The van der Waals surface area contributed by atoms with E-state index < -0.39 is 0 Å². The van der Waals surface area contributed by atoms with Crippen LogP contribution < -0.4 is 4.74 Å². The van der Waals surface area contributed by atoms with Crippen LogP contribution in [0.3, 0.4) is 0 Å². The third-order valence-electron chi connectivity index (χ3n) is 2.89. The van der Waals surface area contributed by atoms with E-state index in [1.165, 1.54) is 0 Å². The van der Waals surface area contributed by atoms with Gasteiger partial charge >= 0.3 is 0 Å². The Morgan fingerprint density at radius 3 is 2.72 bits per heavy atom. The van der Waals surface area contributed by atoms with Crippen LogP contribution in [-0.2, 0) is 0 Å². The van der Waals surface area contributed by atoms with Gasteiger partial charge in [0.15, 0.2) is 0 Å². The summed E-state index contributed by atoms with van der Waals surface area (Å²) in [4.78, 5) is 14.1. The quantitative estimate of drug-likeness (QED) is 0.853. The number of amides is 1. The maximum absolute atomic E-state index is 12.2. The van der Waals surface area contributed by atoms with Gasteiger partial charge < -0.3 is 9.64 Å². The van der Waals surface area contributed by atoms with Gasteiger partial charge in [0.2, 0.25) is 0 Å². The number of likely N-dealkylation sites (tertiary alicyclic amines) is 1. The van der Waals surface area contributed by atoms with Gasteiger partial charge in [0.1, 0.15) is 5.75 Å². The fraction of sp³-hybridized carbons (Fsp3) is 0.500. The van der Waals surface area contributed by atoms with Crippen molar-refractivity contribution in [3.05, 3.63) is 28.2 Å². The summed E-state index contributed by atoms with van der Waals surface area (Å²) in [6.07, 6.45) is 1.10. The second-order valence-corrected chi connectivity index (χ2v) is 5.91. The lowest BCUT2D eigenvalue weighted by Gasteiger charge is -2.31. The van der Waals surface area contributed by atoms with Gasteiger partial charge in [0.05, 0.1) is 12.2 Å². The Balaban J connectivity index is 2.19. The van der Waals surface area contributed by atoms with Crippen LogP contribution >= 0.6 is 15.9 Å². The molecule has 1 aliphatic rings. The van der Waals surface area contributed by atoms with Gasteiger partial charge in [-0.3, -0.25) is 4.79 Å². The molecule has 0 saturated carbocycles. The van der Waals surface area contributed by atoms with E-state index in [9.17, 15) is 4.79 Å². The Labute approximate surface area is 116 Å². The Hall–Kier alpha value is -1.03. The Kier molecular flexibility index (Phi) is 4.27. The van der Waals surface area contributed by atoms with Gasteiger partial charge in [-0.15, -0.1) is 0 Å². The molecule has 0 atom stereocenters. The van der Waals surface area contributed by atoms with Crippen molar-refractivity contribution in [3.63, 3.8) is 0 Å². The van der Waals surface area contributed by atoms with Gasteiger partial charge in [-0.2, -0.15) is 0 Å². The largest absolute Gasteiger partial charge is 0.492 e. The molecule has 0 bridgehead atoms. The normalized spacial score (nSPS) is 14.6. The van der Waals surface area contributed by atoms with Crippen LogP contribution in [-0.4, -0.2) is 30.5 Å². The van der Waals surface area contributed by atoms with E-state index in [2.05, 4.69) is 29.8 Å². The monoisotopic (exact) mass is 311 g/mol. The molecule has 0 aliphatic carbocycles. The molecule has 3 nitrogen and oxygen atoms in total. The number of hydrogen-bond donors (Lipinski definition) is 0. The number of benzene rings is 1. The van der Waals surface area contributed by atoms with Crippen molar-refractivity contribution in [2.24, 2.45) is 5.92 Å². The van der Waals surface area contributed by atoms with E-state index in [4.69, 9.17) is 4.74 Å². The summed E-state index contributed by atoms with van der Waals surface area (Å²) in [6, 6.07) is 5.59. The average Bonchev–Trinajstić information content (AvgIpc) is 2.23. The molecule has 98 valence electrons. The summed E-state index contributed by atoms with van der Waals surface area (Å²) in [5.41, 5.74) is 0.665. The van der Waals surface area contributed by atoms with E-state index in [-0.39, 0.29) is 5.91 Å². The van der Waals surface area contributed by atoms with Gasteiger partial charge in [0.25, 0.3) is 5.91 Å². The lowest BCUT2D eigenvalue weighted by molar-refractivity contribution is 0.0646. The minimum atomic E-state index is 0.0764. The Morgan fingerprint density at radius 1 is 1.44 bits per heavy atom. The summed E-state index contributed by atoms with van der Waals surface area (Å²) >= 11 is 3.42. The first kappa shape index (κ1) is 13.4. The summed E-state index contributed by atoms with van der Waals surface area (Å²) in [5, 5.41) is 0. The summed E-state index contributed by atoms with van der Waals surface area (Å²) in [6.45, 7) is 6.53. The van der Waals surface area contributed by atoms with Crippen molar-refractivity contribution < 1.29 is 9.53 Å². The molecular formula is C14H18BrNO2. The number of halogens is 1. The Bertz CT molecular complexity index is 441. The molecule has 1 amide bonds. The first-order valence-electron chi connectivity index (χ1n) is 6.29. The van der Waals surface area contributed by atoms with E-state index >= 15 is 0 Å².